The van der Waals surface area contributed by atoms with Crippen LogP contribution in [0.15, 0.2) is 36.4 Å². The first-order valence-electron chi connectivity index (χ1n) is 13.1. The number of nitrogens with zero attached hydrogens (tertiary/aromatic N) is 3. The van der Waals surface area contributed by atoms with E-state index in [4.69, 9.17) is 31.6 Å². The number of phosphoric acid groups is 1. The second-order valence-corrected chi connectivity index (χ2v) is 10.9. The van der Waals surface area contributed by atoms with Gasteiger partial charge in [0.25, 0.3) is 0 Å². The Morgan fingerprint density at radius 2 is 1.95 bits per heavy atom. The van der Waals surface area contributed by atoms with E-state index in [1.165, 1.54) is 18.2 Å². The molecule has 14 heteroatoms. The number of rotatable bonds is 14. The number of nitrogens with one attached hydrogen (secondary N) is 1. The third-order valence-corrected chi connectivity index (χ3v) is 7.09. The fourth-order valence-electron chi connectivity index (χ4n) is 4.53. The summed E-state index contributed by atoms with van der Waals surface area (Å²) in [4.78, 5) is 39.5. The summed E-state index contributed by atoms with van der Waals surface area (Å²) in [5.74, 6) is 0.521. The molecule has 0 saturated heterocycles. The van der Waals surface area contributed by atoms with E-state index in [0.717, 1.165) is 35.1 Å². The lowest BCUT2D eigenvalue weighted by atomic mass is 10.1. The number of hydrogen-bond acceptors (Lipinski definition) is 8. The number of fused-ring (bicyclic) bond motifs is 3. The van der Waals surface area contributed by atoms with Gasteiger partial charge in [-0.3, -0.25) is 14.6 Å². The van der Waals surface area contributed by atoms with Gasteiger partial charge in [-0.2, -0.15) is 0 Å². The first-order chi connectivity index (χ1) is 19.6. The van der Waals surface area contributed by atoms with Gasteiger partial charge in [0.05, 0.1) is 30.8 Å². The highest BCUT2D eigenvalue weighted by atomic mass is 35.5. The maximum Gasteiger partial charge on any atom is 0.524 e. The number of nitrogen functional groups attached to an aromatic ring is 1. The van der Waals surface area contributed by atoms with Crippen molar-refractivity contribution in [2.75, 3.05) is 31.4 Å². The molecule has 4 rings (SSSR count). The molecule has 0 unspecified atom stereocenters. The van der Waals surface area contributed by atoms with Crippen LogP contribution in [-0.4, -0.2) is 61.0 Å². The zero-order valence-corrected chi connectivity index (χ0v) is 24.2. The molecule has 0 aliphatic carbocycles. The van der Waals surface area contributed by atoms with Gasteiger partial charge in [0.1, 0.15) is 28.7 Å². The smallest absolute Gasteiger partial charge is 0.508 e. The minimum atomic E-state index is -4.85. The van der Waals surface area contributed by atoms with Crippen LogP contribution in [0.2, 0.25) is 0 Å². The Balaban J connectivity index is 1.73. The third-order valence-electron chi connectivity index (χ3n) is 6.42. The van der Waals surface area contributed by atoms with Gasteiger partial charge in [-0.15, -0.1) is 11.6 Å². The number of alkyl halides is 1. The lowest BCUT2D eigenvalue weighted by Crippen LogP contribution is -2.28. The molecular weight excluding hydrogens is 573 g/mol. The summed E-state index contributed by atoms with van der Waals surface area (Å²) in [6, 6.07) is 9.85. The number of phosphoric ester groups is 1. The number of benzene rings is 2. The summed E-state index contributed by atoms with van der Waals surface area (Å²) >= 11 is 5.47. The van der Waals surface area contributed by atoms with Crippen molar-refractivity contribution in [3.05, 3.63) is 53.3 Å². The average molecular weight is 606 g/mol. The number of aromatic hydroxyl groups is 1. The Morgan fingerprint density at radius 1 is 1.15 bits per heavy atom. The van der Waals surface area contributed by atoms with Crippen molar-refractivity contribution in [1.82, 2.24) is 19.9 Å². The van der Waals surface area contributed by atoms with Crippen LogP contribution in [0, 0.1) is 0 Å². The van der Waals surface area contributed by atoms with Crippen molar-refractivity contribution in [3.8, 4) is 11.5 Å². The SMILES string of the molecule is CCCCc1nc2c(N)nc3ccc(CCOCCNC(=O)CCl)cc3c2n1Cc1cc(O)ccc1OP(=O)(O)O. The Bertz CT molecular complexity index is 1590. The van der Waals surface area contributed by atoms with E-state index in [1.54, 1.807) is 0 Å². The molecule has 6 N–H and O–H groups in total. The van der Waals surface area contributed by atoms with E-state index in [9.17, 15) is 24.3 Å². The number of pyridine rings is 1. The van der Waals surface area contributed by atoms with Crippen LogP contribution in [0.5, 0.6) is 11.5 Å². The van der Waals surface area contributed by atoms with E-state index < -0.39 is 7.82 Å². The van der Waals surface area contributed by atoms with Crippen molar-refractivity contribution in [3.63, 3.8) is 0 Å². The number of imidazole rings is 1. The topological polar surface area (TPSA) is 182 Å². The predicted molar refractivity (Wildman–Crippen MR) is 156 cm³/mol. The molecule has 41 heavy (non-hydrogen) atoms. The maximum atomic E-state index is 11.6. The molecule has 0 spiro atoms. The van der Waals surface area contributed by atoms with E-state index in [0.29, 0.717) is 49.2 Å². The molecule has 0 aliphatic rings. The molecule has 0 aliphatic heterocycles. The van der Waals surface area contributed by atoms with Crippen LogP contribution in [0.1, 0.15) is 36.7 Å². The number of unbranched alkanes of at least 4 members (excludes halogenated alkanes) is 1. The third kappa shape index (κ3) is 7.87. The molecule has 1 amide bonds. The number of ether oxygens (including phenoxy) is 1. The number of hydrogen-bond donors (Lipinski definition) is 5. The lowest BCUT2D eigenvalue weighted by Gasteiger charge is -2.16. The van der Waals surface area contributed by atoms with Gasteiger partial charge in [-0.25, -0.2) is 14.5 Å². The van der Waals surface area contributed by atoms with Crippen LogP contribution in [0.25, 0.3) is 21.9 Å². The second-order valence-electron chi connectivity index (χ2n) is 9.48. The van der Waals surface area contributed by atoms with E-state index >= 15 is 0 Å². The monoisotopic (exact) mass is 605 g/mol. The highest BCUT2D eigenvalue weighted by molar-refractivity contribution is 7.46. The zero-order valence-electron chi connectivity index (χ0n) is 22.5. The summed E-state index contributed by atoms with van der Waals surface area (Å²) in [6.45, 7) is 3.34. The number of phenolic OH excluding ortho intramolecular Hbond substituents is 1. The van der Waals surface area contributed by atoms with Crippen LogP contribution in [0.4, 0.5) is 5.82 Å². The Hall–Kier alpha value is -3.41. The number of carbonyl (C=O) groups excluding carboxylic acids is 1. The molecule has 220 valence electrons. The molecule has 4 aromatic rings. The van der Waals surface area contributed by atoms with Gasteiger partial charge in [-0.05, 0) is 48.7 Å². The first-order valence-corrected chi connectivity index (χ1v) is 15.2. The molecule has 0 saturated carbocycles. The number of phenols is 1. The molecule has 0 bridgehead atoms. The van der Waals surface area contributed by atoms with Crippen molar-refractivity contribution >= 4 is 53.1 Å². The van der Waals surface area contributed by atoms with Crippen molar-refractivity contribution < 1.29 is 33.5 Å². The quantitative estimate of drug-likeness (QED) is 0.0808. The lowest BCUT2D eigenvalue weighted by molar-refractivity contribution is -0.118. The number of anilines is 1. The van der Waals surface area contributed by atoms with Gasteiger partial charge < -0.3 is 30.0 Å². The van der Waals surface area contributed by atoms with E-state index in [1.807, 2.05) is 22.8 Å². The fraction of sp³-hybridized carbons (Fsp3) is 0.370. The largest absolute Gasteiger partial charge is 0.524 e. The Labute approximate surface area is 241 Å². The minimum Gasteiger partial charge on any atom is -0.508 e. The summed E-state index contributed by atoms with van der Waals surface area (Å²) < 4.78 is 24.2. The van der Waals surface area contributed by atoms with Gasteiger partial charge in [0.2, 0.25) is 5.91 Å². The van der Waals surface area contributed by atoms with Crippen LogP contribution in [-0.2, 0) is 33.5 Å². The Kier molecular flexibility index (Phi) is 10.1. The molecule has 2 aromatic carbocycles. The molecule has 0 atom stereocenters. The number of halogens is 1. The maximum absolute atomic E-state index is 11.6. The zero-order chi connectivity index (χ0) is 29.6. The number of amides is 1. The highest BCUT2D eigenvalue weighted by Gasteiger charge is 2.22. The van der Waals surface area contributed by atoms with Gasteiger partial charge in [0, 0.05) is 23.9 Å². The number of carbonyl (C=O) groups is 1. The summed E-state index contributed by atoms with van der Waals surface area (Å²) in [7, 11) is -4.85. The molecule has 2 aromatic heterocycles. The van der Waals surface area contributed by atoms with Gasteiger partial charge in [0.15, 0.2) is 5.82 Å². The molecule has 0 fully saturated rings. The van der Waals surface area contributed by atoms with Crippen LogP contribution >= 0.6 is 19.4 Å². The number of nitrogens with two attached hydrogens (primary N) is 1. The second kappa shape index (κ2) is 13.5. The normalized spacial score (nSPS) is 11.8. The van der Waals surface area contributed by atoms with Crippen LogP contribution in [0.3, 0.4) is 0 Å². The molecule has 12 nitrogen and oxygen atoms in total. The van der Waals surface area contributed by atoms with Crippen molar-refractivity contribution in [1.29, 1.82) is 0 Å². The van der Waals surface area contributed by atoms with E-state index in [2.05, 4.69) is 17.2 Å². The molecule has 2 heterocycles. The van der Waals surface area contributed by atoms with Gasteiger partial charge >= 0.3 is 7.82 Å². The summed E-state index contributed by atoms with van der Waals surface area (Å²) in [6.07, 6.45) is 3.02. The first kappa shape index (κ1) is 30.5. The summed E-state index contributed by atoms with van der Waals surface area (Å²) in [5.41, 5.74) is 9.59. The number of aryl methyl sites for hydroxylation is 1. The van der Waals surface area contributed by atoms with E-state index in [-0.39, 0.29) is 35.6 Å². The standard InChI is InChI=1S/C27H33ClN5O7P/c1-2-3-4-23-32-25-26(33(23)16-18-14-19(34)6-8-22(18)40-41(36,37)38)20-13-17(5-7-21(20)31-27(25)29)9-11-39-12-10-30-24(35)15-28/h5-8,13-14,34H,2-4,9-12,15-16H2,1H3,(H2,29,31)(H,30,35)(H2,36,37,38). The van der Waals surface area contributed by atoms with Crippen LogP contribution < -0.4 is 15.6 Å². The molecule has 0 radical (unpaired) electrons. The van der Waals surface area contributed by atoms with Gasteiger partial charge in [-0.1, -0.05) is 19.4 Å². The fourth-order valence-corrected chi connectivity index (χ4v) is 5.06. The summed E-state index contributed by atoms with van der Waals surface area (Å²) in [5, 5.41) is 13.6. The Morgan fingerprint density at radius 3 is 2.68 bits per heavy atom. The molecular formula is C27H33ClN5O7P. The highest BCUT2D eigenvalue weighted by Crippen LogP contribution is 2.41. The predicted octanol–water partition coefficient (Wildman–Crippen LogP) is 3.65. The minimum absolute atomic E-state index is 0.0502. The van der Waals surface area contributed by atoms with Crippen molar-refractivity contribution in [2.45, 2.75) is 39.2 Å². The van der Waals surface area contributed by atoms with Crippen molar-refractivity contribution in [2.24, 2.45) is 0 Å². The average Bonchev–Trinajstić information content (AvgIpc) is 3.29. The number of aromatic nitrogens is 3.